The number of halogens is 1. The maximum atomic E-state index is 10.3. The minimum atomic E-state index is -0.586. The molecule has 18 heavy (non-hydrogen) atoms. The summed E-state index contributed by atoms with van der Waals surface area (Å²) in [7, 11) is 3.10. The summed E-state index contributed by atoms with van der Waals surface area (Å²) in [5.41, 5.74) is 0.690. The Morgan fingerprint density at radius 2 is 1.94 bits per heavy atom. The van der Waals surface area contributed by atoms with Crippen LogP contribution in [0.2, 0.25) is 5.02 Å². The van der Waals surface area contributed by atoms with Gasteiger partial charge in [0.2, 0.25) is 0 Å². The smallest absolute Gasteiger partial charge is 0.179 e. The fourth-order valence-corrected chi connectivity index (χ4v) is 2.40. The van der Waals surface area contributed by atoms with Gasteiger partial charge in [0.1, 0.15) is 0 Å². The van der Waals surface area contributed by atoms with Gasteiger partial charge in [0.05, 0.1) is 25.3 Å². The summed E-state index contributed by atoms with van der Waals surface area (Å²) in [6.07, 6.45) is 1.40. The van der Waals surface area contributed by atoms with Gasteiger partial charge < -0.3 is 14.6 Å². The largest absolute Gasteiger partial charge is 0.493 e. The Kier molecular flexibility index (Phi) is 5.76. The van der Waals surface area contributed by atoms with Gasteiger partial charge in [-0.25, -0.2) is 0 Å². The van der Waals surface area contributed by atoms with Crippen LogP contribution < -0.4 is 9.47 Å². The molecule has 3 nitrogen and oxygen atoms in total. The second-order valence-electron chi connectivity index (χ2n) is 4.42. The van der Waals surface area contributed by atoms with Crippen LogP contribution in [0.25, 0.3) is 0 Å². The number of methoxy groups -OCH3 is 2. The third-order valence-electron chi connectivity index (χ3n) is 3.12. The Bertz CT molecular complexity index is 393. The molecule has 0 bridgehead atoms. The van der Waals surface area contributed by atoms with E-state index >= 15 is 0 Å². The summed E-state index contributed by atoms with van der Waals surface area (Å²) in [5.74, 6) is 1.20. The number of aliphatic hydroxyl groups is 1. The van der Waals surface area contributed by atoms with E-state index in [-0.39, 0.29) is 5.92 Å². The molecule has 2 unspecified atom stereocenters. The zero-order chi connectivity index (χ0) is 13.7. The minimum absolute atomic E-state index is 0.158. The van der Waals surface area contributed by atoms with Crippen LogP contribution in [0, 0.1) is 5.92 Å². The highest BCUT2D eigenvalue weighted by atomic mass is 35.5. The molecule has 0 heterocycles. The Morgan fingerprint density at radius 1 is 1.28 bits per heavy atom. The molecule has 0 fully saturated rings. The molecule has 1 rings (SSSR count). The first-order chi connectivity index (χ1) is 8.56. The van der Waals surface area contributed by atoms with Crippen molar-refractivity contribution in [3.05, 3.63) is 22.7 Å². The van der Waals surface area contributed by atoms with Gasteiger partial charge in [-0.05, 0) is 18.4 Å². The lowest BCUT2D eigenvalue weighted by molar-refractivity contribution is 0.112. The summed E-state index contributed by atoms with van der Waals surface area (Å²) in [6, 6.07) is 3.56. The van der Waals surface area contributed by atoms with Gasteiger partial charge in [0.25, 0.3) is 0 Å². The average Bonchev–Trinajstić information content (AvgIpc) is 2.37. The van der Waals surface area contributed by atoms with Gasteiger partial charge in [-0.3, -0.25) is 0 Å². The van der Waals surface area contributed by atoms with Crippen LogP contribution in [0.1, 0.15) is 38.4 Å². The molecule has 4 heteroatoms. The normalized spacial score (nSPS) is 14.1. The Balaban J connectivity index is 3.10. The van der Waals surface area contributed by atoms with Gasteiger partial charge in [-0.15, -0.1) is 0 Å². The van der Waals surface area contributed by atoms with Crippen molar-refractivity contribution in [2.24, 2.45) is 5.92 Å². The molecule has 0 aromatic heterocycles. The van der Waals surface area contributed by atoms with Crippen LogP contribution in [0.5, 0.6) is 11.5 Å². The van der Waals surface area contributed by atoms with E-state index in [4.69, 9.17) is 21.1 Å². The highest BCUT2D eigenvalue weighted by Crippen LogP contribution is 2.41. The summed E-state index contributed by atoms with van der Waals surface area (Å²) in [4.78, 5) is 0. The number of hydrogen-bond donors (Lipinski definition) is 1. The highest BCUT2D eigenvalue weighted by Gasteiger charge is 2.22. The molecular formula is C14H21ClO3. The molecule has 0 radical (unpaired) electrons. The fourth-order valence-electron chi connectivity index (χ4n) is 2.05. The van der Waals surface area contributed by atoms with Crippen LogP contribution in [0.15, 0.2) is 12.1 Å². The zero-order valence-corrected chi connectivity index (χ0v) is 12.1. The highest BCUT2D eigenvalue weighted by molar-refractivity contribution is 6.33. The molecule has 2 atom stereocenters. The van der Waals surface area contributed by atoms with Gasteiger partial charge in [0.15, 0.2) is 11.5 Å². The molecule has 0 amide bonds. The van der Waals surface area contributed by atoms with Crippen molar-refractivity contribution in [1.29, 1.82) is 0 Å². The predicted molar refractivity (Wildman–Crippen MR) is 73.6 cm³/mol. The van der Waals surface area contributed by atoms with E-state index in [0.717, 1.165) is 12.8 Å². The molecular weight excluding hydrogens is 252 g/mol. The molecule has 0 saturated heterocycles. The van der Waals surface area contributed by atoms with Crippen LogP contribution in [0.3, 0.4) is 0 Å². The molecule has 0 aliphatic heterocycles. The lowest BCUT2D eigenvalue weighted by Gasteiger charge is -2.21. The summed E-state index contributed by atoms with van der Waals surface area (Å²) in [6.45, 7) is 4.11. The van der Waals surface area contributed by atoms with Crippen LogP contribution >= 0.6 is 11.6 Å². The number of rotatable bonds is 6. The zero-order valence-electron chi connectivity index (χ0n) is 11.4. The maximum absolute atomic E-state index is 10.3. The van der Waals surface area contributed by atoms with Crippen LogP contribution in [-0.2, 0) is 0 Å². The van der Waals surface area contributed by atoms with Gasteiger partial charge in [-0.1, -0.05) is 37.9 Å². The third kappa shape index (κ3) is 3.09. The first-order valence-corrected chi connectivity index (χ1v) is 6.53. The monoisotopic (exact) mass is 272 g/mol. The molecule has 0 aliphatic rings. The molecule has 0 aliphatic carbocycles. The van der Waals surface area contributed by atoms with Crippen molar-refractivity contribution >= 4 is 11.6 Å². The van der Waals surface area contributed by atoms with Gasteiger partial charge in [0, 0.05) is 5.56 Å². The molecule has 0 saturated carbocycles. The van der Waals surface area contributed by atoms with Crippen molar-refractivity contribution in [1.82, 2.24) is 0 Å². The Labute approximate surface area is 114 Å². The number of aliphatic hydroxyl groups excluding tert-OH is 1. The number of ether oxygens (including phenoxy) is 2. The van der Waals surface area contributed by atoms with Crippen molar-refractivity contribution in [3.8, 4) is 11.5 Å². The quantitative estimate of drug-likeness (QED) is 0.855. The van der Waals surface area contributed by atoms with E-state index in [9.17, 15) is 5.11 Å². The van der Waals surface area contributed by atoms with Crippen LogP contribution in [-0.4, -0.2) is 19.3 Å². The Morgan fingerprint density at radius 3 is 2.44 bits per heavy atom. The van der Waals surface area contributed by atoms with Crippen molar-refractivity contribution in [3.63, 3.8) is 0 Å². The fraction of sp³-hybridized carbons (Fsp3) is 0.571. The summed E-state index contributed by atoms with van der Waals surface area (Å²) in [5, 5.41) is 10.7. The standard InChI is InChI=1S/C14H21ClO3/c1-5-6-9(2)13(16)10-7-8-11(17-3)14(18-4)12(10)15/h7-9,13,16H,5-6H2,1-4H3. The lowest BCUT2D eigenvalue weighted by atomic mass is 9.93. The third-order valence-corrected chi connectivity index (χ3v) is 3.51. The molecule has 1 aromatic rings. The van der Waals surface area contributed by atoms with E-state index < -0.39 is 6.10 Å². The SMILES string of the molecule is CCCC(C)C(O)c1ccc(OC)c(OC)c1Cl. The van der Waals surface area contributed by atoms with Crippen molar-refractivity contribution < 1.29 is 14.6 Å². The minimum Gasteiger partial charge on any atom is -0.493 e. The Hall–Kier alpha value is -0.930. The second-order valence-corrected chi connectivity index (χ2v) is 4.79. The van der Waals surface area contributed by atoms with Crippen LogP contribution in [0.4, 0.5) is 0 Å². The van der Waals surface area contributed by atoms with E-state index in [0.29, 0.717) is 22.1 Å². The molecule has 1 aromatic carbocycles. The van der Waals surface area contributed by atoms with E-state index in [1.807, 2.05) is 6.92 Å². The number of benzene rings is 1. The first kappa shape index (κ1) is 15.1. The van der Waals surface area contributed by atoms with Crippen molar-refractivity contribution in [2.75, 3.05) is 14.2 Å². The summed E-state index contributed by atoms with van der Waals surface area (Å²) < 4.78 is 10.4. The maximum Gasteiger partial charge on any atom is 0.179 e. The van der Waals surface area contributed by atoms with Crippen molar-refractivity contribution in [2.45, 2.75) is 32.8 Å². The van der Waals surface area contributed by atoms with E-state index in [2.05, 4.69) is 6.92 Å². The van der Waals surface area contributed by atoms with Gasteiger partial charge >= 0.3 is 0 Å². The topological polar surface area (TPSA) is 38.7 Å². The molecule has 0 spiro atoms. The number of hydrogen-bond acceptors (Lipinski definition) is 3. The van der Waals surface area contributed by atoms with E-state index in [1.54, 1.807) is 19.2 Å². The first-order valence-electron chi connectivity index (χ1n) is 6.15. The predicted octanol–water partition coefficient (Wildman–Crippen LogP) is 3.83. The second kappa shape index (κ2) is 6.86. The summed E-state index contributed by atoms with van der Waals surface area (Å²) >= 11 is 6.27. The van der Waals surface area contributed by atoms with Gasteiger partial charge in [-0.2, -0.15) is 0 Å². The lowest BCUT2D eigenvalue weighted by Crippen LogP contribution is -2.10. The average molecular weight is 273 g/mol. The molecule has 102 valence electrons. The molecule has 1 N–H and O–H groups in total. The van der Waals surface area contributed by atoms with E-state index in [1.165, 1.54) is 7.11 Å².